The summed E-state index contributed by atoms with van der Waals surface area (Å²) in [6.07, 6.45) is 6.00. The first-order valence-corrected chi connectivity index (χ1v) is 16.9. The predicted molar refractivity (Wildman–Crippen MR) is 205 cm³/mol. The van der Waals surface area contributed by atoms with E-state index in [4.69, 9.17) is 4.98 Å². The molecule has 0 aliphatic heterocycles. The largest absolute Gasteiger partial charge is 0.340 e. The average Bonchev–Trinajstić information content (AvgIpc) is 3.67. The summed E-state index contributed by atoms with van der Waals surface area (Å²) in [6, 6.07) is 32.5. The second-order valence-corrected chi connectivity index (χ2v) is 13.6. The third-order valence-electron chi connectivity index (χ3n) is 9.42. The third-order valence-corrected chi connectivity index (χ3v) is 9.42. The van der Waals surface area contributed by atoms with Crippen molar-refractivity contribution in [3.8, 4) is 28.2 Å². The summed E-state index contributed by atoms with van der Waals surface area (Å²) >= 11 is 0. The second kappa shape index (κ2) is 13.8. The van der Waals surface area contributed by atoms with Crippen LogP contribution in [0.5, 0.6) is 0 Å². The minimum Gasteiger partial charge on any atom is -0.340 e. The molecule has 4 nitrogen and oxygen atoms in total. The van der Waals surface area contributed by atoms with Gasteiger partial charge in [0.25, 0.3) is 0 Å². The Morgan fingerprint density at radius 1 is 0.660 bits per heavy atom. The Labute approximate surface area is 309 Å². The monoisotopic (exact) mass is 831 g/mol. The molecule has 8 rings (SSSR count). The quantitative estimate of drug-likeness (QED) is 0.131. The first-order chi connectivity index (χ1) is 23.5. The van der Waals surface area contributed by atoms with E-state index in [0.717, 1.165) is 28.1 Å². The molecule has 1 radical (unpaired) electrons. The van der Waals surface area contributed by atoms with Gasteiger partial charge in [0, 0.05) is 55.6 Å². The maximum Gasteiger partial charge on any atom is 0.0612 e. The fourth-order valence-electron chi connectivity index (χ4n) is 7.85. The van der Waals surface area contributed by atoms with Crippen LogP contribution in [-0.4, -0.2) is 18.9 Å². The van der Waals surface area contributed by atoms with Crippen molar-refractivity contribution in [2.24, 2.45) is 0 Å². The van der Waals surface area contributed by atoms with Crippen LogP contribution < -0.4 is 0 Å². The summed E-state index contributed by atoms with van der Waals surface area (Å²) in [5.41, 5.74) is 18.4. The molecule has 0 bridgehead atoms. The predicted octanol–water partition coefficient (Wildman–Crippen LogP) is 11.2. The van der Waals surface area contributed by atoms with Gasteiger partial charge in [-0.2, -0.15) is 0 Å². The molecule has 0 spiro atoms. The molecular weight excluding hydrogens is 789 g/mol. The smallest absolute Gasteiger partial charge is 0.0612 e. The molecule has 0 atom stereocenters. The molecule has 0 aliphatic rings. The van der Waals surface area contributed by atoms with Crippen molar-refractivity contribution in [1.82, 2.24) is 18.9 Å². The number of pyridine rings is 1. The van der Waals surface area contributed by atoms with Crippen LogP contribution in [0.25, 0.3) is 55.5 Å². The van der Waals surface area contributed by atoms with Crippen molar-refractivity contribution in [1.29, 1.82) is 0 Å². The maximum absolute atomic E-state index is 4.88. The Bertz CT molecular complexity index is 2490. The topological polar surface area (TPSA) is 35.1 Å². The molecule has 5 heteroatoms. The molecule has 0 N–H and O–H groups in total. The summed E-state index contributed by atoms with van der Waals surface area (Å²) in [4.78, 5) is 9.38. The van der Waals surface area contributed by atoms with Gasteiger partial charge in [0.1, 0.15) is 0 Å². The van der Waals surface area contributed by atoms with Crippen LogP contribution in [0.3, 0.4) is 0 Å². The summed E-state index contributed by atoms with van der Waals surface area (Å²) in [5, 5.41) is 3.61. The number of hydrogen-bond acceptors (Lipinski definition) is 2. The van der Waals surface area contributed by atoms with E-state index in [9.17, 15) is 0 Å². The number of benzene rings is 5. The number of aromatic nitrogens is 4. The van der Waals surface area contributed by atoms with Gasteiger partial charge >= 0.3 is 0 Å². The van der Waals surface area contributed by atoms with Gasteiger partial charge < -0.3 is 8.97 Å². The van der Waals surface area contributed by atoms with E-state index in [1.807, 2.05) is 36.7 Å². The maximum atomic E-state index is 4.88. The molecule has 0 saturated heterocycles. The number of hydrogen-bond donors (Lipinski definition) is 0. The zero-order valence-electron chi connectivity index (χ0n) is 30.3. The molecule has 253 valence electrons. The third kappa shape index (κ3) is 6.21. The molecular formula is C45H42IrN4-2. The molecule has 0 aliphatic carbocycles. The number of aryl methyl sites for hydroxylation is 9. The van der Waals surface area contributed by atoms with Crippen LogP contribution in [0, 0.1) is 74.4 Å². The molecule has 50 heavy (non-hydrogen) atoms. The SMILES string of the molecule is Cc1cc(C)c(-c2cc[c-]c3c2c2cc(C)cc(C)c2n2cc(C)nc32)c(C)c1.Cc1cc(C)c(-n2ccnc2-c2[c-]cccc2)c(C)c1.[Ir]. The van der Waals surface area contributed by atoms with Crippen LogP contribution in [0.1, 0.15) is 50.2 Å². The molecule has 3 heterocycles. The Balaban J connectivity index is 0.000000181. The van der Waals surface area contributed by atoms with Crippen LogP contribution in [0.2, 0.25) is 0 Å². The Kier molecular flexibility index (Phi) is 9.68. The molecule has 3 aromatic heterocycles. The average molecular weight is 831 g/mol. The van der Waals surface area contributed by atoms with Crippen LogP contribution in [-0.2, 0) is 20.1 Å². The summed E-state index contributed by atoms with van der Waals surface area (Å²) in [6.45, 7) is 19.5. The molecule has 8 aromatic rings. The van der Waals surface area contributed by atoms with Crippen molar-refractivity contribution < 1.29 is 20.1 Å². The van der Waals surface area contributed by atoms with Gasteiger partial charge in [0.05, 0.1) is 11.5 Å². The fraction of sp³-hybridized carbons (Fsp3) is 0.200. The van der Waals surface area contributed by atoms with E-state index in [1.54, 1.807) is 0 Å². The van der Waals surface area contributed by atoms with Gasteiger partial charge in [-0.25, -0.2) is 0 Å². The van der Waals surface area contributed by atoms with Crippen molar-refractivity contribution in [3.63, 3.8) is 0 Å². The van der Waals surface area contributed by atoms with E-state index in [1.165, 1.54) is 77.6 Å². The molecule has 5 aromatic carbocycles. The minimum absolute atomic E-state index is 0. The number of rotatable bonds is 3. The van der Waals surface area contributed by atoms with Crippen LogP contribution >= 0.6 is 0 Å². The van der Waals surface area contributed by atoms with E-state index in [-0.39, 0.29) is 20.1 Å². The molecule has 0 amide bonds. The standard InChI is InChI=1S/C27H25N2.C18H17N2.Ir/c1-15-10-17(3)24(18(4)11-15)21-8-7-9-22-25(21)23-13-16(2)12-19(5)26(23)29-14-20(6)28-27(22)29;1-13-11-14(2)17(15(3)12-13)20-10-9-19-18(20)16-7-5-4-6-8-16;/h7-8,10-14H,1-6H3;4-7,9-12H,1-3H3;/q2*-1;. The van der Waals surface area contributed by atoms with Crippen molar-refractivity contribution in [2.75, 3.05) is 0 Å². The second-order valence-electron chi connectivity index (χ2n) is 13.6. The van der Waals surface area contributed by atoms with Gasteiger partial charge in [-0.05, 0) is 101 Å². The Morgan fingerprint density at radius 3 is 1.96 bits per heavy atom. The minimum atomic E-state index is 0. The van der Waals surface area contributed by atoms with E-state index < -0.39 is 0 Å². The first-order valence-electron chi connectivity index (χ1n) is 16.9. The van der Waals surface area contributed by atoms with Gasteiger partial charge in [0.2, 0.25) is 0 Å². The fourth-order valence-corrected chi connectivity index (χ4v) is 7.85. The first kappa shape index (κ1) is 35.0. The summed E-state index contributed by atoms with van der Waals surface area (Å²) in [7, 11) is 0. The molecule has 0 saturated carbocycles. The van der Waals surface area contributed by atoms with Gasteiger partial charge in [-0.3, -0.25) is 9.97 Å². The zero-order chi connectivity index (χ0) is 34.6. The van der Waals surface area contributed by atoms with Gasteiger partial charge in [-0.15, -0.1) is 54.1 Å². The Hall–Kier alpha value is -4.83. The summed E-state index contributed by atoms with van der Waals surface area (Å²) in [5.74, 6) is 0.931. The van der Waals surface area contributed by atoms with Gasteiger partial charge in [-0.1, -0.05) is 69.4 Å². The molecule has 0 unspecified atom stereocenters. The van der Waals surface area contributed by atoms with Crippen molar-refractivity contribution in [3.05, 3.63) is 154 Å². The van der Waals surface area contributed by atoms with Crippen molar-refractivity contribution >= 4 is 27.3 Å². The number of imidazole rings is 2. The van der Waals surface area contributed by atoms with E-state index in [2.05, 4.69) is 143 Å². The van der Waals surface area contributed by atoms with Crippen LogP contribution in [0.15, 0.2) is 91.4 Å². The van der Waals surface area contributed by atoms with Crippen LogP contribution in [0.4, 0.5) is 0 Å². The normalized spacial score (nSPS) is 11.1. The Morgan fingerprint density at radius 2 is 1.30 bits per heavy atom. The zero-order valence-corrected chi connectivity index (χ0v) is 32.7. The van der Waals surface area contributed by atoms with E-state index >= 15 is 0 Å². The van der Waals surface area contributed by atoms with E-state index in [0.29, 0.717) is 0 Å². The summed E-state index contributed by atoms with van der Waals surface area (Å²) < 4.78 is 4.40. The molecule has 0 fully saturated rings. The van der Waals surface area contributed by atoms with Crippen molar-refractivity contribution in [2.45, 2.75) is 62.3 Å². The van der Waals surface area contributed by atoms with Gasteiger partial charge in [0.15, 0.2) is 0 Å². The number of nitrogens with zero attached hydrogens (tertiary/aromatic N) is 4. The number of fused-ring (bicyclic) bond motifs is 6.